The normalized spacial score (nSPS) is 33.9. The van der Waals surface area contributed by atoms with Crippen LogP contribution in [0.4, 0.5) is 0 Å². The molecule has 1 fully saturated rings. The molecule has 0 aromatic rings. The molecule has 0 spiro atoms. The number of hydrogen-bond donors (Lipinski definition) is 2. The summed E-state index contributed by atoms with van der Waals surface area (Å²) in [4.78, 5) is 13.3. The van der Waals surface area contributed by atoms with Gasteiger partial charge in [-0.05, 0) is 34.2 Å². The number of carboxylic acids is 1. The summed E-state index contributed by atoms with van der Waals surface area (Å²) in [6.45, 7) is 6.61. The van der Waals surface area contributed by atoms with E-state index in [1.807, 2.05) is 20.9 Å². The molecule has 0 aromatic heterocycles. The van der Waals surface area contributed by atoms with Gasteiger partial charge in [-0.3, -0.25) is 10.1 Å². The Balaban J connectivity index is 2.80. The van der Waals surface area contributed by atoms with Crippen LogP contribution in [0.1, 0.15) is 27.2 Å². The smallest absolute Gasteiger partial charge is 0.325 e. The molecule has 0 saturated carbocycles. The Morgan fingerprint density at radius 1 is 1.64 bits per heavy atom. The molecule has 0 aliphatic carbocycles. The van der Waals surface area contributed by atoms with Gasteiger partial charge in [0.2, 0.25) is 0 Å². The SMILES string of the molecule is CC(C)NC1(C(=O)O)CC(C)N(C)C1. The van der Waals surface area contributed by atoms with E-state index in [1.165, 1.54) is 0 Å². The van der Waals surface area contributed by atoms with E-state index >= 15 is 0 Å². The first-order valence-corrected chi connectivity index (χ1v) is 5.09. The van der Waals surface area contributed by atoms with Gasteiger partial charge in [0.1, 0.15) is 5.54 Å². The standard InChI is InChI=1S/C10H20N2O2/c1-7(2)11-10(9(13)14)5-8(3)12(4)6-10/h7-8,11H,5-6H2,1-4H3,(H,13,14). The Morgan fingerprint density at radius 2 is 2.21 bits per heavy atom. The van der Waals surface area contributed by atoms with E-state index < -0.39 is 11.5 Å². The Kier molecular flexibility index (Phi) is 3.17. The minimum Gasteiger partial charge on any atom is -0.480 e. The van der Waals surface area contributed by atoms with Gasteiger partial charge in [0.15, 0.2) is 0 Å². The third kappa shape index (κ3) is 2.07. The topological polar surface area (TPSA) is 52.6 Å². The van der Waals surface area contributed by atoms with Gasteiger partial charge in [-0.1, -0.05) is 0 Å². The van der Waals surface area contributed by atoms with Crippen LogP contribution in [-0.2, 0) is 4.79 Å². The summed E-state index contributed by atoms with van der Waals surface area (Å²) >= 11 is 0. The highest BCUT2D eigenvalue weighted by Gasteiger charge is 2.46. The van der Waals surface area contributed by atoms with Crippen LogP contribution in [0.2, 0.25) is 0 Å². The van der Waals surface area contributed by atoms with Crippen molar-refractivity contribution in [1.29, 1.82) is 0 Å². The van der Waals surface area contributed by atoms with E-state index in [0.717, 1.165) is 0 Å². The summed E-state index contributed by atoms with van der Waals surface area (Å²) in [7, 11) is 1.97. The Morgan fingerprint density at radius 3 is 2.50 bits per heavy atom. The van der Waals surface area contributed by atoms with Crippen molar-refractivity contribution in [2.24, 2.45) is 0 Å². The van der Waals surface area contributed by atoms with Gasteiger partial charge in [-0.25, -0.2) is 0 Å². The lowest BCUT2D eigenvalue weighted by atomic mass is 9.95. The van der Waals surface area contributed by atoms with Crippen molar-refractivity contribution in [2.45, 2.75) is 44.8 Å². The summed E-state index contributed by atoms with van der Waals surface area (Å²) in [5.41, 5.74) is -0.748. The van der Waals surface area contributed by atoms with Gasteiger partial charge in [0.25, 0.3) is 0 Å². The quantitative estimate of drug-likeness (QED) is 0.698. The molecule has 0 amide bonds. The van der Waals surface area contributed by atoms with Crippen LogP contribution in [0.15, 0.2) is 0 Å². The molecule has 1 aliphatic heterocycles. The molecule has 14 heavy (non-hydrogen) atoms. The summed E-state index contributed by atoms with van der Waals surface area (Å²) in [5, 5.41) is 12.4. The number of likely N-dealkylation sites (tertiary alicyclic amines) is 1. The van der Waals surface area contributed by atoms with Crippen LogP contribution in [0.3, 0.4) is 0 Å². The van der Waals surface area contributed by atoms with E-state index in [9.17, 15) is 9.90 Å². The van der Waals surface area contributed by atoms with Gasteiger partial charge in [0, 0.05) is 18.6 Å². The fourth-order valence-electron chi connectivity index (χ4n) is 2.18. The van der Waals surface area contributed by atoms with E-state index in [4.69, 9.17) is 0 Å². The number of carbonyl (C=O) groups is 1. The fourth-order valence-corrected chi connectivity index (χ4v) is 2.18. The van der Waals surface area contributed by atoms with E-state index in [2.05, 4.69) is 17.1 Å². The molecular weight excluding hydrogens is 180 g/mol. The molecule has 0 bridgehead atoms. The lowest BCUT2D eigenvalue weighted by Gasteiger charge is -2.27. The van der Waals surface area contributed by atoms with Gasteiger partial charge in [-0.15, -0.1) is 0 Å². The zero-order valence-corrected chi connectivity index (χ0v) is 9.37. The molecule has 82 valence electrons. The number of likely N-dealkylation sites (N-methyl/N-ethyl adjacent to an activating group) is 1. The average Bonchev–Trinajstić information content (AvgIpc) is 2.27. The highest BCUT2D eigenvalue weighted by Crippen LogP contribution is 2.26. The third-order valence-electron chi connectivity index (χ3n) is 2.89. The maximum Gasteiger partial charge on any atom is 0.325 e. The number of rotatable bonds is 3. The molecule has 4 nitrogen and oxygen atoms in total. The summed E-state index contributed by atoms with van der Waals surface area (Å²) < 4.78 is 0. The highest BCUT2D eigenvalue weighted by atomic mass is 16.4. The van der Waals surface area contributed by atoms with Crippen molar-refractivity contribution in [1.82, 2.24) is 10.2 Å². The molecule has 1 heterocycles. The van der Waals surface area contributed by atoms with Gasteiger partial charge >= 0.3 is 5.97 Å². The maximum absolute atomic E-state index is 11.3. The number of hydrogen-bond acceptors (Lipinski definition) is 3. The second-order valence-electron chi connectivity index (χ2n) is 4.65. The van der Waals surface area contributed by atoms with Gasteiger partial charge in [0.05, 0.1) is 0 Å². The van der Waals surface area contributed by atoms with Crippen LogP contribution in [0.5, 0.6) is 0 Å². The average molecular weight is 200 g/mol. The zero-order valence-electron chi connectivity index (χ0n) is 9.37. The van der Waals surface area contributed by atoms with Crippen LogP contribution >= 0.6 is 0 Å². The van der Waals surface area contributed by atoms with Crippen molar-refractivity contribution in [3.63, 3.8) is 0 Å². The summed E-state index contributed by atoms with van der Waals surface area (Å²) in [5.74, 6) is -0.734. The minimum atomic E-state index is -0.748. The fraction of sp³-hybridized carbons (Fsp3) is 0.900. The predicted molar refractivity (Wildman–Crippen MR) is 55.3 cm³/mol. The van der Waals surface area contributed by atoms with Crippen LogP contribution in [-0.4, -0.2) is 47.2 Å². The predicted octanol–water partition coefficient (Wildman–Crippen LogP) is 0.532. The Hall–Kier alpha value is -0.610. The first-order valence-electron chi connectivity index (χ1n) is 5.09. The Labute approximate surface area is 85.3 Å². The molecule has 4 heteroatoms. The number of aliphatic carboxylic acids is 1. The highest BCUT2D eigenvalue weighted by molar-refractivity contribution is 5.79. The van der Waals surface area contributed by atoms with E-state index in [1.54, 1.807) is 0 Å². The molecule has 2 N–H and O–H groups in total. The monoisotopic (exact) mass is 200 g/mol. The molecule has 2 atom stereocenters. The van der Waals surface area contributed by atoms with Crippen LogP contribution < -0.4 is 5.32 Å². The molecular formula is C10H20N2O2. The minimum absolute atomic E-state index is 0.199. The summed E-state index contributed by atoms with van der Waals surface area (Å²) in [6, 6.07) is 0.530. The van der Waals surface area contributed by atoms with E-state index in [0.29, 0.717) is 19.0 Å². The molecule has 1 aliphatic rings. The van der Waals surface area contributed by atoms with Gasteiger partial charge in [-0.2, -0.15) is 0 Å². The largest absolute Gasteiger partial charge is 0.480 e. The van der Waals surface area contributed by atoms with Crippen molar-refractivity contribution in [3.05, 3.63) is 0 Å². The van der Waals surface area contributed by atoms with Crippen molar-refractivity contribution >= 4 is 5.97 Å². The molecule has 1 rings (SSSR count). The zero-order chi connectivity index (χ0) is 10.9. The second-order valence-corrected chi connectivity index (χ2v) is 4.65. The van der Waals surface area contributed by atoms with Crippen molar-refractivity contribution < 1.29 is 9.90 Å². The number of nitrogens with one attached hydrogen (secondary N) is 1. The maximum atomic E-state index is 11.3. The second kappa shape index (κ2) is 3.87. The van der Waals surface area contributed by atoms with Crippen molar-refractivity contribution in [3.8, 4) is 0 Å². The first kappa shape index (κ1) is 11.5. The molecule has 0 radical (unpaired) electrons. The Bertz CT molecular complexity index is 213. The molecule has 2 unspecified atom stereocenters. The van der Waals surface area contributed by atoms with Gasteiger partial charge < -0.3 is 10.0 Å². The van der Waals surface area contributed by atoms with Crippen molar-refractivity contribution in [2.75, 3.05) is 13.6 Å². The summed E-state index contributed by atoms with van der Waals surface area (Å²) in [6.07, 6.45) is 0.678. The lowest BCUT2D eigenvalue weighted by Crippen LogP contribution is -2.56. The van der Waals surface area contributed by atoms with Crippen LogP contribution in [0.25, 0.3) is 0 Å². The van der Waals surface area contributed by atoms with Crippen LogP contribution in [0, 0.1) is 0 Å². The number of carboxylic acid groups (broad SMARTS) is 1. The van der Waals surface area contributed by atoms with E-state index in [-0.39, 0.29) is 6.04 Å². The molecule has 1 saturated heterocycles. The third-order valence-corrected chi connectivity index (χ3v) is 2.89. The number of nitrogens with zero attached hydrogens (tertiary/aromatic N) is 1. The molecule has 0 aromatic carbocycles. The lowest BCUT2D eigenvalue weighted by molar-refractivity contribution is -0.144. The first-order chi connectivity index (χ1) is 6.37.